The third kappa shape index (κ3) is 3.85. The Morgan fingerprint density at radius 1 is 1.03 bits per heavy atom. The molecule has 5 rings (SSSR count). The average Bonchev–Trinajstić information content (AvgIpc) is 3.42. The molecule has 1 N–H and O–H groups in total. The summed E-state index contributed by atoms with van der Waals surface area (Å²) in [5.74, 6) is 2.39. The standard InChI is InChI=1S/C31H52O4/c1-8-22-20(2)16-29(7,19-34-21(3)32)35-23(22)17-28(6)13-9-14-30-18-31(30)15-12-26(33)27(4,5)24(31)10-11-25(28)30/h20,22-26,33H,8-19H2,1-7H3/t20-,22?,23?,24?,25?,26?,28+,29?,30?,31?/m1/s1. The molecule has 0 radical (unpaired) electrons. The van der Waals surface area contributed by atoms with Crippen LogP contribution >= 0.6 is 0 Å². The number of hydrogen-bond donors (Lipinski definition) is 1. The zero-order chi connectivity index (χ0) is 25.4. The molecule has 5 aliphatic rings. The van der Waals surface area contributed by atoms with E-state index in [1.165, 1.54) is 51.9 Å². The van der Waals surface area contributed by atoms with Gasteiger partial charge in [0.1, 0.15) is 12.2 Å². The molecular formula is C31H52O4. The van der Waals surface area contributed by atoms with E-state index in [-0.39, 0.29) is 29.2 Å². The Kier molecular flexibility index (Phi) is 6.28. The Balaban J connectivity index is 1.39. The van der Waals surface area contributed by atoms with Crippen LogP contribution in [0.1, 0.15) is 119 Å². The first-order valence-electron chi connectivity index (χ1n) is 14.8. The molecule has 1 heterocycles. The van der Waals surface area contributed by atoms with Crippen LogP contribution in [0.3, 0.4) is 0 Å². The van der Waals surface area contributed by atoms with E-state index >= 15 is 0 Å². The lowest BCUT2D eigenvalue weighted by Crippen LogP contribution is -2.55. The molecule has 8 unspecified atom stereocenters. The number of hydrogen-bond acceptors (Lipinski definition) is 4. The largest absolute Gasteiger partial charge is 0.463 e. The molecule has 4 nitrogen and oxygen atoms in total. The summed E-state index contributed by atoms with van der Waals surface area (Å²) >= 11 is 0. The van der Waals surface area contributed by atoms with Crippen molar-refractivity contribution in [2.45, 2.75) is 137 Å². The summed E-state index contributed by atoms with van der Waals surface area (Å²) in [7, 11) is 0. The zero-order valence-corrected chi connectivity index (χ0v) is 23.6. The fourth-order valence-corrected chi connectivity index (χ4v) is 11.1. The zero-order valence-electron chi connectivity index (χ0n) is 23.6. The molecule has 1 aliphatic heterocycles. The van der Waals surface area contributed by atoms with Crippen molar-refractivity contribution in [3.05, 3.63) is 0 Å². The van der Waals surface area contributed by atoms with Gasteiger partial charge in [-0.15, -0.1) is 0 Å². The minimum absolute atomic E-state index is 0.0499. The van der Waals surface area contributed by atoms with Crippen LogP contribution in [-0.2, 0) is 14.3 Å². The van der Waals surface area contributed by atoms with Gasteiger partial charge in [0.15, 0.2) is 0 Å². The molecule has 0 aromatic heterocycles. The Morgan fingerprint density at radius 3 is 2.40 bits per heavy atom. The lowest BCUT2D eigenvalue weighted by Gasteiger charge is -2.60. The molecule has 35 heavy (non-hydrogen) atoms. The molecule has 0 bridgehead atoms. The van der Waals surface area contributed by atoms with Gasteiger partial charge in [0.2, 0.25) is 0 Å². The van der Waals surface area contributed by atoms with Crippen LogP contribution in [0.25, 0.3) is 0 Å². The van der Waals surface area contributed by atoms with Crippen LogP contribution in [0.2, 0.25) is 0 Å². The molecule has 4 saturated carbocycles. The van der Waals surface area contributed by atoms with Crippen molar-refractivity contribution in [3.8, 4) is 0 Å². The molecule has 0 amide bonds. The van der Waals surface area contributed by atoms with Crippen molar-refractivity contribution < 1.29 is 19.4 Å². The summed E-state index contributed by atoms with van der Waals surface area (Å²) < 4.78 is 12.4. The average molecular weight is 489 g/mol. The smallest absolute Gasteiger partial charge is 0.302 e. The van der Waals surface area contributed by atoms with Crippen LogP contribution in [-0.4, -0.2) is 35.5 Å². The summed E-state index contributed by atoms with van der Waals surface area (Å²) in [4.78, 5) is 11.6. The van der Waals surface area contributed by atoms with Crippen molar-refractivity contribution in [2.75, 3.05) is 6.61 Å². The Hall–Kier alpha value is -0.610. The maximum absolute atomic E-state index is 11.6. The van der Waals surface area contributed by atoms with Gasteiger partial charge < -0.3 is 14.6 Å². The first-order valence-corrected chi connectivity index (χ1v) is 14.8. The monoisotopic (exact) mass is 488 g/mol. The maximum atomic E-state index is 11.6. The fourth-order valence-electron chi connectivity index (χ4n) is 11.1. The van der Waals surface area contributed by atoms with Crippen LogP contribution in [0.15, 0.2) is 0 Å². The predicted octanol–water partition coefficient (Wildman–Crippen LogP) is 6.92. The SMILES string of the molecule is CCC1C(C[C@]2(C)CCCC34CC35CCC(O)C(C)(C)C5CCC42)OC(C)(COC(C)=O)C[C@H]1C. The maximum Gasteiger partial charge on any atom is 0.302 e. The van der Waals surface area contributed by atoms with Gasteiger partial charge in [0.25, 0.3) is 0 Å². The van der Waals surface area contributed by atoms with Crippen LogP contribution < -0.4 is 0 Å². The minimum atomic E-state index is -0.383. The first kappa shape index (κ1) is 26.0. The third-order valence-corrected chi connectivity index (χ3v) is 12.5. The Bertz CT molecular complexity index is 838. The molecule has 10 atom stereocenters. The van der Waals surface area contributed by atoms with Gasteiger partial charge in [-0.25, -0.2) is 0 Å². The fraction of sp³-hybridized carbons (Fsp3) is 0.968. The number of rotatable bonds is 5. The van der Waals surface area contributed by atoms with E-state index < -0.39 is 0 Å². The summed E-state index contributed by atoms with van der Waals surface area (Å²) in [6.45, 7) is 16.0. The first-order chi connectivity index (χ1) is 16.3. The molecule has 2 spiro atoms. The van der Waals surface area contributed by atoms with Crippen LogP contribution in [0.5, 0.6) is 0 Å². The quantitative estimate of drug-likeness (QED) is 0.427. The van der Waals surface area contributed by atoms with E-state index in [0.717, 1.165) is 31.6 Å². The van der Waals surface area contributed by atoms with Gasteiger partial charge >= 0.3 is 5.97 Å². The van der Waals surface area contributed by atoms with Gasteiger partial charge in [0.05, 0.1) is 12.2 Å². The molecule has 0 aromatic rings. The second-order valence-corrected chi connectivity index (χ2v) is 14.9. The summed E-state index contributed by atoms with van der Waals surface area (Å²) in [5, 5.41) is 10.9. The van der Waals surface area contributed by atoms with Crippen molar-refractivity contribution in [2.24, 2.45) is 45.3 Å². The van der Waals surface area contributed by atoms with Crippen molar-refractivity contribution in [1.82, 2.24) is 0 Å². The van der Waals surface area contributed by atoms with Crippen LogP contribution in [0, 0.1) is 45.3 Å². The highest BCUT2D eigenvalue weighted by molar-refractivity contribution is 5.65. The number of esters is 1. The topological polar surface area (TPSA) is 55.8 Å². The molecule has 5 fully saturated rings. The molecule has 0 aromatic carbocycles. The van der Waals surface area contributed by atoms with E-state index in [4.69, 9.17) is 9.47 Å². The van der Waals surface area contributed by atoms with Gasteiger partial charge in [-0.1, -0.05) is 47.5 Å². The van der Waals surface area contributed by atoms with E-state index in [1.807, 2.05) is 0 Å². The summed E-state index contributed by atoms with van der Waals surface area (Å²) in [6.07, 6.45) is 13.7. The van der Waals surface area contributed by atoms with Crippen LogP contribution in [0.4, 0.5) is 0 Å². The van der Waals surface area contributed by atoms with E-state index in [2.05, 4.69) is 41.5 Å². The Morgan fingerprint density at radius 2 is 1.71 bits per heavy atom. The van der Waals surface area contributed by atoms with E-state index in [9.17, 15) is 9.90 Å². The lowest BCUT2D eigenvalue weighted by atomic mass is 9.46. The molecular weight excluding hydrogens is 436 g/mol. The predicted molar refractivity (Wildman–Crippen MR) is 139 cm³/mol. The number of aliphatic hydroxyl groups excluding tert-OH is 1. The second kappa shape index (κ2) is 8.45. The van der Waals surface area contributed by atoms with Crippen molar-refractivity contribution in [3.63, 3.8) is 0 Å². The highest BCUT2D eigenvalue weighted by atomic mass is 16.6. The molecule has 1 saturated heterocycles. The van der Waals surface area contributed by atoms with E-state index in [1.54, 1.807) is 0 Å². The third-order valence-electron chi connectivity index (χ3n) is 12.5. The van der Waals surface area contributed by atoms with Gasteiger partial charge in [-0.2, -0.15) is 0 Å². The van der Waals surface area contributed by atoms with Gasteiger partial charge in [0, 0.05) is 6.92 Å². The second-order valence-electron chi connectivity index (χ2n) is 14.9. The Labute approximate surface area is 214 Å². The van der Waals surface area contributed by atoms with Crippen molar-refractivity contribution >= 4 is 5.97 Å². The number of carbonyl (C=O) groups is 1. The highest BCUT2D eigenvalue weighted by Gasteiger charge is 2.79. The van der Waals surface area contributed by atoms with Gasteiger partial charge in [-0.3, -0.25) is 4.79 Å². The lowest BCUT2D eigenvalue weighted by molar-refractivity contribution is -0.207. The summed E-state index contributed by atoms with van der Waals surface area (Å²) in [6, 6.07) is 0. The minimum Gasteiger partial charge on any atom is -0.463 e. The molecule has 200 valence electrons. The molecule has 4 aliphatic carbocycles. The number of carbonyl (C=O) groups excluding carboxylic acids is 1. The normalized spacial score (nSPS) is 52.6. The van der Waals surface area contributed by atoms with E-state index in [0.29, 0.717) is 40.6 Å². The highest BCUT2D eigenvalue weighted by Crippen LogP contribution is 2.86. The summed E-state index contributed by atoms with van der Waals surface area (Å²) in [5.41, 5.74) is 0.962. The van der Waals surface area contributed by atoms with Gasteiger partial charge in [-0.05, 0) is 110 Å². The number of aliphatic hydroxyl groups is 1. The number of ether oxygens (including phenoxy) is 2. The van der Waals surface area contributed by atoms with Crippen molar-refractivity contribution in [1.29, 1.82) is 0 Å². The molecule has 4 heteroatoms.